The van der Waals surface area contributed by atoms with E-state index in [1.807, 2.05) is 30.3 Å². The minimum atomic E-state index is -3.27. The standard InChI is InChI=1S/C26H32ClN3O4S/c1-35(33,34)14-11-24(30-18-21-6-2-3-8-23(21)26(30)32)25(31)28-16-19-9-12-29(13-10-19)17-20-5-4-7-22(27)15-20/h2-8,15,19,24H,9-14,16-18H2,1H3,(H,28,31). The van der Waals surface area contributed by atoms with Crippen LogP contribution in [0.25, 0.3) is 0 Å². The molecule has 2 amide bonds. The van der Waals surface area contributed by atoms with Crippen molar-refractivity contribution in [3.8, 4) is 0 Å². The minimum absolute atomic E-state index is 0.0858. The number of amides is 2. The van der Waals surface area contributed by atoms with E-state index in [2.05, 4.69) is 16.3 Å². The molecular weight excluding hydrogens is 486 g/mol. The SMILES string of the molecule is CS(=O)(=O)CCC(C(=O)NCC1CCN(Cc2cccc(Cl)c2)CC1)N1Cc2ccccc2C1=O. The number of carbonyl (C=O) groups excluding carboxylic acids is 2. The molecule has 4 rings (SSSR count). The second-order valence-corrected chi connectivity index (χ2v) is 12.3. The van der Waals surface area contributed by atoms with Crippen molar-refractivity contribution in [1.29, 1.82) is 0 Å². The van der Waals surface area contributed by atoms with Gasteiger partial charge in [-0.3, -0.25) is 14.5 Å². The number of nitrogens with zero attached hydrogens (tertiary/aromatic N) is 2. The molecule has 2 aliphatic heterocycles. The highest BCUT2D eigenvalue weighted by Gasteiger charge is 2.36. The highest BCUT2D eigenvalue weighted by atomic mass is 35.5. The predicted octanol–water partition coefficient (Wildman–Crippen LogP) is 3.13. The Morgan fingerprint density at radius 1 is 1.14 bits per heavy atom. The van der Waals surface area contributed by atoms with Crippen LogP contribution < -0.4 is 5.32 Å². The average molecular weight is 518 g/mol. The van der Waals surface area contributed by atoms with Gasteiger partial charge in [-0.2, -0.15) is 0 Å². The molecule has 1 N–H and O–H groups in total. The molecule has 2 aromatic rings. The maximum Gasteiger partial charge on any atom is 0.255 e. The van der Waals surface area contributed by atoms with E-state index in [0.717, 1.165) is 49.3 Å². The molecule has 188 valence electrons. The molecule has 0 radical (unpaired) electrons. The van der Waals surface area contributed by atoms with E-state index >= 15 is 0 Å². The molecule has 2 aliphatic rings. The van der Waals surface area contributed by atoms with Gasteiger partial charge in [0.25, 0.3) is 5.91 Å². The highest BCUT2D eigenvalue weighted by molar-refractivity contribution is 7.90. The summed E-state index contributed by atoms with van der Waals surface area (Å²) in [6, 6.07) is 14.4. The fraction of sp³-hybridized carbons (Fsp3) is 0.462. The lowest BCUT2D eigenvalue weighted by Crippen LogP contribution is -2.49. The molecule has 1 unspecified atom stereocenters. The van der Waals surface area contributed by atoms with E-state index in [0.29, 0.717) is 24.6 Å². The van der Waals surface area contributed by atoms with E-state index in [4.69, 9.17) is 11.6 Å². The maximum atomic E-state index is 13.2. The van der Waals surface area contributed by atoms with Crippen LogP contribution in [0.2, 0.25) is 5.02 Å². The summed E-state index contributed by atoms with van der Waals surface area (Å²) >= 11 is 6.10. The van der Waals surface area contributed by atoms with Gasteiger partial charge in [0.2, 0.25) is 5.91 Å². The van der Waals surface area contributed by atoms with Crippen molar-refractivity contribution in [2.75, 3.05) is 31.6 Å². The fourth-order valence-corrected chi connectivity index (χ4v) is 5.75. The van der Waals surface area contributed by atoms with E-state index in [9.17, 15) is 18.0 Å². The molecule has 0 aliphatic carbocycles. The van der Waals surface area contributed by atoms with Crippen molar-refractivity contribution in [3.05, 3.63) is 70.2 Å². The van der Waals surface area contributed by atoms with Crippen LogP contribution in [-0.2, 0) is 27.7 Å². The van der Waals surface area contributed by atoms with Crippen molar-refractivity contribution < 1.29 is 18.0 Å². The molecule has 1 fully saturated rings. The van der Waals surface area contributed by atoms with Crippen LogP contribution in [0.1, 0.15) is 40.7 Å². The fourth-order valence-electron chi connectivity index (χ4n) is 4.89. The smallest absolute Gasteiger partial charge is 0.255 e. The topological polar surface area (TPSA) is 86.8 Å². The lowest BCUT2D eigenvalue weighted by Gasteiger charge is -2.33. The van der Waals surface area contributed by atoms with Crippen molar-refractivity contribution in [3.63, 3.8) is 0 Å². The average Bonchev–Trinajstić information content (AvgIpc) is 3.14. The first-order valence-electron chi connectivity index (χ1n) is 12.0. The molecule has 2 aromatic carbocycles. The quantitative estimate of drug-likeness (QED) is 0.552. The molecule has 0 saturated carbocycles. The lowest BCUT2D eigenvalue weighted by atomic mass is 9.96. The van der Waals surface area contributed by atoms with Crippen LogP contribution in [0.3, 0.4) is 0 Å². The number of piperidine rings is 1. The molecule has 2 heterocycles. The number of hydrogen-bond acceptors (Lipinski definition) is 5. The molecule has 0 bridgehead atoms. The number of nitrogens with one attached hydrogen (secondary N) is 1. The number of hydrogen-bond donors (Lipinski definition) is 1. The first kappa shape index (κ1) is 25.7. The second-order valence-electron chi connectivity index (χ2n) is 9.62. The maximum absolute atomic E-state index is 13.2. The summed E-state index contributed by atoms with van der Waals surface area (Å²) < 4.78 is 23.6. The van der Waals surface area contributed by atoms with Gasteiger partial charge in [0.15, 0.2) is 0 Å². The Bertz CT molecular complexity index is 1180. The van der Waals surface area contributed by atoms with Gasteiger partial charge in [-0.05, 0) is 67.6 Å². The molecule has 1 atom stereocenters. The van der Waals surface area contributed by atoms with Gasteiger partial charge in [0, 0.05) is 36.5 Å². The Labute approximate surface area is 212 Å². The van der Waals surface area contributed by atoms with Gasteiger partial charge >= 0.3 is 0 Å². The summed E-state index contributed by atoms with van der Waals surface area (Å²) in [5.74, 6) is -0.302. The molecule has 9 heteroatoms. The van der Waals surface area contributed by atoms with Gasteiger partial charge in [0.1, 0.15) is 15.9 Å². The molecular formula is C26H32ClN3O4S. The van der Waals surface area contributed by atoms with Crippen LogP contribution in [-0.4, -0.2) is 67.7 Å². The monoisotopic (exact) mass is 517 g/mol. The van der Waals surface area contributed by atoms with Gasteiger partial charge < -0.3 is 10.2 Å². The Morgan fingerprint density at radius 3 is 2.57 bits per heavy atom. The van der Waals surface area contributed by atoms with E-state index in [-0.39, 0.29) is 24.0 Å². The summed E-state index contributed by atoms with van der Waals surface area (Å²) in [6.07, 6.45) is 3.16. The number of carbonyl (C=O) groups is 2. The zero-order valence-electron chi connectivity index (χ0n) is 20.0. The van der Waals surface area contributed by atoms with Crippen LogP contribution >= 0.6 is 11.6 Å². The molecule has 0 aromatic heterocycles. The normalized spacial score (nSPS) is 17.9. The highest BCUT2D eigenvalue weighted by Crippen LogP contribution is 2.26. The number of halogens is 1. The summed E-state index contributed by atoms with van der Waals surface area (Å²) in [4.78, 5) is 30.1. The number of benzene rings is 2. The van der Waals surface area contributed by atoms with E-state index in [1.165, 1.54) is 10.5 Å². The Balaban J connectivity index is 1.32. The third-order valence-corrected chi connectivity index (χ3v) is 8.07. The largest absolute Gasteiger partial charge is 0.354 e. The summed E-state index contributed by atoms with van der Waals surface area (Å²) in [5, 5.41) is 3.76. The Morgan fingerprint density at radius 2 is 1.89 bits per heavy atom. The molecule has 7 nitrogen and oxygen atoms in total. The molecule has 0 spiro atoms. The summed E-state index contributed by atoms with van der Waals surface area (Å²) in [7, 11) is -3.27. The van der Waals surface area contributed by atoms with Crippen molar-refractivity contribution in [2.45, 2.75) is 38.4 Å². The number of fused-ring (bicyclic) bond motifs is 1. The van der Waals surface area contributed by atoms with Gasteiger partial charge in [-0.25, -0.2) is 8.42 Å². The van der Waals surface area contributed by atoms with E-state index < -0.39 is 15.9 Å². The van der Waals surface area contributed by atoms with E-state index in [1.54, 1.807) is 12.1 Å². The minimum Gasteiger partial charge on any atom is -0.354 e. The third-order valence-electron chi connectivity index (χ3n) is 6.86. The molecule has 35 heavy (non-hydrogen) atoms. The first-order chi connectivity index (χ1) is 16.7. The third kappa shape index (κ3) is 6.84. The predicted molar refractivity (Wildman–Crippen MR) is 137 cm³/mol. The number of rotatable bonds is 9. The van der Waals surface area contributed by atoms with Crippen molar-refractivity contribution >= 4 is 33.3 Å². The zero-order valence-corrected chi connectivity index (χ0v) is 21.5. The molecule has 1 saturated heterocycles. The first-order valence-corrected chi connectivity index (χ1v) is 14.4. The Kier molecular flexibility index (Phi) is 8.14. The second kappa shape index (κ2) is 11.1. The zero-order chi connectivity index (χ0) is 25.0. The van der Waals surface area contributed by atoms with Gasteiger partial charge in [-0.1, -0.05) is 41.9 Å². The van der Waals surface area contributed by atoms with Crippen LogP contribution in [0, 0.1) is 5.92 Å². The van der Waals surface area contributed by atoms with Crippen LogP contribution in [0.4, 0.5) is 0 Å². The van der Waals surface area contributed by atoms with Gasteiger partial charge in [0.05, 0.1) is 5.75 Å². The van der Waals surface area contributed by atoms with Gasteiger partial charge in [-0.15, -0.1) is 0 Å². The number of likely N-dealkylation sites (tertiary alicyclic amines) is 1. The van der Waals surface area contributed by atoms with Crippen molar-refractivity contribution in [1.82, 2.24) is 15.1 Å². The Hall–Kier alpha value is -2.42. The summed E-state index contributed by atoms with van der Waals surface area (Å²) in [5.41, 5.74) is 2.63. The van der Waals surface area contributed by atoms with Crippen molar-refractivity contribution in [2.24, 2.45) is 5.92 Å². The lowest BCUT2D eigenvalue weighted by molar-refractivity contribution is -0.126. The summed E-state index contributed by atoms with van der Waals surface area (Å²) in [6.45, 7) is 3.56. The number of sulfone groups is 1. The van der Waals surface area contributed by atoms with Crippen LogP contribution in [0.15, 0.2) is 48.5 Å². The van der Waals surface area contributed by atoms with Crippen LogP contribution in [0.5, 0.6) is 0 Å².